The zero-order valence-corrected chi connectivity index (χ0v) is 10.5. The van der Waals surface area contributed by atoms with Crippen molar-refractivity contribution in [3.05, 3.63) is 53.1 Å². The van der Waals surface area contributed by atoms with E-state index in [0.717, 1.165) is 0 Å². The second kappa shape index (κ2) is 5.80. The lowest BCUT2D eigenvalue weighted by Gasteiger charge is -2.05. The molecule has 0 saturated carbocycles. The maximum absolute atomic E-state index is 13.7. The average Bonchev–Trinajstić information content (AvgIpc) is 2.33. The van der Waals surface area contributed by atoms with Gasteiger partial charge in [-0.25, -0.2) is 9.18 Å². The Morgan fingerprint density at radius 1 is 1.33 bits per heavy atom. The molecule has 6 heteroatoms. The molecule has 0 bridgehead atoms. The summed E-state index contributed by atoms with van der Waals surface area (Å²) in [4.78, 5) is 14.5. The minimum Gasteiger partial charge on any atom is -0.478 e. The van der Waals surface area contributed by atoms with Gasteiger partial charge in [-0.1, -0.05) is 23.7 Å². The zero-order valence-electron chi connectivity index (χ0n) is 8.93. The molecule has 0 aliphatic heterocycles. The Hall–Kier alpha value is -1.65. The van der Waals surface area contributed by atoms with Gasteiger partial charge < -0.3 is 5.11 Å². The predicted molar refractivity (Wildman–Crippen MR) is 68.8 cm³/mol. The van der Waals surface area contributed by atoms with E-state index in [1.807, 2.05) is 0 Å². The zero-order chi connectivity index (χ0) is 12.4. The summed E-state index contributed by atoms with van der Waals surface area (Å²) in [6.45, 7) is 0. The van der Waals surface area contributed by atoms with Gasteiger partial charge in [0.25, 0.3) is 0 Å². The molecule has 0 aliphatic carbocycles. The fourth-order valence-electron chi connectivity index (χ4n) is 1.43. The lowest BCUT2D eigenvalue weighted by atomic mass is 10.1. The monoisotopic (exact) mass is 287 g/mol. The molecule has 0 aliphatic rings. The molecule has 3 nitrogen and oxygen atoms in total. The molecule has 1 aromatic carbocycles. The van der Waals surface area contributed by atoms with Crippen LogP contribution in [0.25, 0.3) is 11.1 Å². The van der Waals surface area contributed by atoms with Crippen molar-refractivity contribution in [2.24, 2.45) is 0 Å². The number of rotatable bonds is 2. The molecule has 1 aromatic heterocycles. The number of hydrogen-bond acceptors (Lipinski definition) is 2. The van der Waals surface area contributed by atoms with Gasteiger partial charge in [-0.15, -0.1) is 12.4 Å². The van der Waals surface area contributed by atoms with Gasteiger partial charge >= 0.3 is 5.97 Å². The second-order valence-electron chi connectivity index (χ2n) is 3.37. The van der Waals surface area contributed by atoms with Crippen LogP contribution in [0.3, 0.4) is 0 Å². The van der Waals surface area contributed by atoms with E-state index in [-0.39, 0.29) is 28.6 Å². The molecule has 0 saturated heterocycles. The van der Waals surface area contributed by atoms with Gasteiger partial charge in [-0.2, -0.15) is 0 Å². The van der Waals surface area contributed by atoms with E-state index in [1.54, 1.807) is 6.07 Å². The van der Waals surface area contributed by atoms with Crippen molar-refractivity contribution in [3.8, 4) is 11.1 Å². The number of pyridine rings is 1. The minimum absolute atomic E-state index is 0. The minimum atomic E-state index is -1.11. The lowest BCUT2D eigenvalue weighted by Crippen LogP contribution is -1.97. The normalized spacial score (nSPS) is 9.67. The molecule has 2 rings (SSSR count). The summed E-state index contributed by atoms with van der Waals surface area (Å²) in [7, 11) is 0. The molecule has 0 spiro atoms. The van der Waals surface area contributed by atoms with Crippen LogP contribution in [0.2, 0.25) is 5.02 Å². The summed E-state index contributed by atoms with van der Waals surface area (Å²) in [6.07, 6.45) is 2.59. The maximum Gasteiger partial charge on any atom is 0.337 e. The number of halogens is 3. The summed E-state index contributed by atoms with van der Waals surface area (Å²) in [5.41, 5.74) is 0.611. The number of aromatic nitrogens is 1. The van der Waals surface area contributed by atoms with E-state index >= 15 is 0 Å². The van der Waals surface area contributed by atoms with E-state index in [2.05, 4.69) is 4.98 Å². The van der Waals surface area contributed by atoms with Crippen molar-refractivity contribution in [1.29, 1.82) is 0 Å². The van der Waals surface area contributed by atoms with Crippen LogP contribution in [0, 0.1) is 5.82 Å². The highest BCUT2D eigenvalue weighted by Crippen LogP contribution is 2.27. The predicted octanol–water partition coefficient (Wildman–Crippen LogP) is 3.66. The Morgan fingerprint density at radius 3 is 2.72 bits per heavy atom. The number of carboxylic acids is 1. The van der Waals surface area contributed by atoms with Crippen molar-refractivity contribution in [2.75, 3.05) is 0 Å². The first-order valence-corrected chi connectivity index (χ1v) is 5.10. The smallest absolute Gasteiger partial charge is 0.337 e. The maximum atomic E-state index is 13.7. The molecule has 0 unspecified atom stereocenters. The standard InChI is InChI=1S/C12H7ClFNO2.ClH/c13-10-3-1-2-9(11(10)14)7-4-8(12(16)17)6-15-5-7;/h1-6H,(H,16,17);1H. The van der Waals surface area contributed by atoms with Crippen LogP contribution in [-0.4, -0.2) is 16.1 Å². The van der Waals surface area contributed by atoms with Gasteiger partial charge in [0, 0.05) is 23.5 Å². The van der Waals surface area contributed by atoms with E-state index < -0.39 is 11.8 Å². The third-order valence-corrected chi connectivity index (χ3v) is 2.54. The molecule has 0 amide bonds. The van der Waals surface area contributed by atoms with Crippen LogP contribution < -0.4 is 0 Å². The Morgan fingerprint density at radius 2 is 2.06 bits per heavy atom. The van der Waals surface area contributed by atoms with Crippen molar-refractivity contribution >= 4 is 30.0 Å². The topological polar surface area (TPSA) is 50.2 Å². The number of nitrogens with zero attached hydrogens (tertiary/aromatic N) is 1. The molecular formula is C12H8Cl2FNO2. The highest BCUT2D eigenvalue weighted by molar-refractivity contribution is 6.31. The van der Waals surface area contributed by atoms with Crippen LogP contribution >= 0.6 is 24.0 Å². The molecule has 0 fully saturated rings. The summed E-state index contributed by atoms with van der Waals surface area (Å²) in [5, 5.41) is 8.81. The molecule has 0 atom stereocenters. The SMILES string of the molecule is Cl.O=C(O)c1cncc(-c2cccc(Cl)c2F)c1. The van der Waals surface area contributed by atoms with E-state index in [4.69, 9.17) is 16.7 Å². The summed E-state index contributed by atoms with van der Waals surface area (Å²) in [6, 6.07) is 5.89. The quantitative estimate of drug-likeness (QED) is 0.917. The first-order chi connectivity index (χ1) is 8.09. The fourth-order valence-corrected chi connectivity index (χ4v) is 1.61. The van der Waals surface area contributed by atoms with Crippen LogP contribution in [0.4, 0.5) is 4.39 Å². The van der Waals surface area contributed by atoms with Gasteiger partial charge in [0.2, 0.25) is 0 Å². The van der Waals surface area contributed by atoms with Gasteiger partial charge in [0.05, 0.1) is 10.6 Å². The highest BCUT2D eigenvalue weighted by Gasteiger charge is 2.11. The van der Waals surface area contributed by atoms with E-state index in [9.17, 15) is 9.18 Å². The first kappa shape index (κ1) is 14.4. The fraction of sp³-hybridized carbons (Fsp3) is 0. The lowest BCUT2D eigenvalue weighted by molar-refractivity contribution is 0.0696. The summed E-state index contributed by atoms with van der Waals surface area (Å²) >= 11 is 5.65. The summed E-state index contributed by atoms with van der Waals surface area (Å²) < 4.78 is 13.7. The van der Waals surface area contributed by atoms with Crippen molar-refractivity contribution in [1.82, 2.24) is 4.98 Å². The average molecular weight is 288 g/mol. The first-order valence-electron chi connectivity index (χ1n) is 4.72. The molecule has 18 heavy (non-hydrogen) atoms. The third-order valence-electron chi connectivity index (χ3n) is 2.25. The van der Waals surface area contributed by atoms with Crippen molar-refractivity contribution < 1.29 is 14.3 Å². The van der Waals surface area contributed by atoms with Crippen LogP contribution in [0.5, 0.6) is 0 Å². The molecular weight excluding hydrogens is 280 g/mol. The van der Waals surface area contributed by atoms with Gasteiger partial charge in [-0.3, -0.25) is 4.98 Å². The number of hydrogen-bond donors (Lipinski definition) is 1. The van der Waals surface area contributed by atoms with Crippen LogP contribution in [0.1, 0.15) is 10.4 Å². The Balaban J connectivity index is 0.00000162. The van der Waals surface area contributed by atoms with E-state index in [0.29, 0.717) is 5.56 Å². The molecule has 2 aromatic rings. The highest BCUT2D eigenvalue weighted by atomic mass is 35.5. The Bertz CT molecular complexity index is 590. The Kier molecular flexibility index (Phi) is 4.64. The van der Waals surface area contributed by atoms with Crippen LogP contribution in [-0.2, 0) is 0 Å². The molecule has 0 radical (unpaired) electrons. The number of aromatic carboxylic acids is 1. The largest absolute Gasteiger partial charge is 0.478 e. The van der Waals surface area contributed by atoms with Gasteiger partial charge in [-0.05, 0) is 12.1 Å². The summed E-state index contributed by atoms with van der Waals surface area (Å²) in [5.74, 6) is -1.69. The Labute approximate surface area is 114 Å². The van der Waals surface area contributed by atoms with E-state index in [1.165, 1.54) is 30.6 Å². The van der Waals surface area contributed by atoms with Crippen molar-refractivity contribution in [3.63, 3.8) is 0 Å². The second-order valence-corrected chi connectivity index (χ2v) is 3.78. The number of carboxylic acid groups (broad SMARTS) is 1. The van der Waals surface area contributed by atoms with Crippen LogP contribution in [0.15, 0.2) is 36.7 Å². The molecule has 1 heterocycles. The third kappa shape index (κ3) is 2.78. The number of carbonyl (C=O) groups is 1. The molecule has 94 valence electrons. The number of benzene rings is 1. The van der Waals surface area contributed by atoms with Gasteiger partial charge in [0.15, 0.2) is 0 Å². The van der Waals surface area contributed by atoms with Crippen molar-refractivity contribution in [2.45, 2.75) is 0 Å². The van der Waals surface area contributed by atoms with Gasteiger partial charge in [0.1, 0.15) is 5.82 Å². The molecule has 1 N–H and O–H groups in total.